The Morgan fingerprint density at radius 1 is 1.00 bits per heavy atom. The molecule has 0 amide bonds. The first-order valence-corrected chi connectivity index (χ1v) is 7.60. The number of hydrogen-bond donors (Lipinski definition) is 1. The van der Waals surface area contributed by atoms with Gasteiger partial charge >= 0.3 is 0 Å². The van der Waals surface area contributed by atoms with Crippen molar-refractivity contribution in [3.8, 4) is 11.1 Å². The first kappa shape index (κ1) is 13.9. The molecular weight excluding hydrogens is 256 g/mol. The summed E-state index contributed by atoms with van der Waals surface area (Å²) < 4.78 is 0. The van der Waals surface area contributed by atoms with Crippen LogP contribution in [0.2, 0.25) is 0 Å². The smallest absolute Gasteiger partial charge is 0.0973 e. The van der Waals surface area contributed by atoms with Crippen molar-refractivity contribution < 1.29 is 0 Å². The van der Waals surface area contributed by atoms with E-state index in [9.17, 15) is 0 Å². The number of benzene rings is 2. The van der Waals surface area contributed by atoms with Crippen LogP contribution in [0.4, 0.5) is 0 Å². The normalized spacial score (nSPS) is 16.6. The average Bonchev–Trinajstić information content (AvgIpc) is 2.86. The van der Waals surface area contributed by atoms with Crippen LogP contribution >= 0.6 is 0 Å². The lowest BCUT2D eigenvalue weighted by Gasteiger charge is -2.12. The molecule has 1 aliphatic heterocycles. The summed E-state index contributed by atoms with van der Waals surface area (Å²) in [6, 6.07) is 19.1. The molecule has 21 heavy (non-hydrogen) atoms. The zero-order chi connectivity index (χ0) is 14.7. The Morgan fingerprint density at radius 2 is 1.71 bits per heavy atom. The first-order chi connectivity index (χ1) is 10.1. The average molecular weight is 278 g/mol. The number of hydrogen-bond acceptors (Lipinski definition) is 2. The van der Waals surface area contributed by atoms with Crippen LogP contribution in [0.1, 0.15) is 32.3 Å². The van der Waals surface area contributed by atoms with E-state index in [4.69, 9.17) is 4.99 Å². The van der Waals surface area contributed by atoms with Crippen molar-refractivity contribution in [2.45, 2.75) is 38.8 Å². The van der Waals surface area contributed by atoms with Crippen LogP contribution in [0.25, 0.3) is 11.1 Å². The van der Waals surface area contributed by atoms with Crippen LogP contribution in [-0.4, -0.2) is 11.4 Å². The van der Waals surface area contributed by atoms with Gasteiger partial charge in [-0.1, -0.05) is 54.6 Å². The fourth-order valence-corrected chi connectivity index (χ4v) is 2.80. The second kappa shape index (κ2) is 5.72. The molecule has 0 saturated heterocycles. The zero-order valence-electron chi connectivity index (χ0n) is 12.8. The van der Waals surface area contributed by atoms with Gasteiger partial charge in [0.25, 0.3) is 0 Å². The minimum Gasteiger partial charge on any atom is -0.370 e. The number of aliphatic imine (C=N–C) groups is 1. The highest BCUT2D eigenvalue weighted by atomic mass is 15.0. The predicted octanol–water partition coefficient (Wildman–Crippen LogP) is 4.41. The summed E-state index contributed by atoms with van der Waals surface area (Å²) in [6.45, 7) is 5.22. The third-order valence-electron chi connectivity index (χ3n) is 4.00. The molecule has 1 N–H and O–H groups in total. The van der Waals surface area contributed by atoms with Gasteiger partial charge in [0.2, 0.25) is 0 Å². The van der Waals surface area contributed by atoms with Crippen molar-refractivity contribution in [1.29, 1.82) is 0 Å². The Labute approximate surface area is 126 Å². The molecule has 2 aromatic carbocycles. The van der Waals surface area contributed by atoms with Crippen molar-refractivity contribution in [3.63, 3.8) is 0 Å². The molecule has 2 heteroatoms. The summed E-state index contributed by atoms with van der Waals surface area (Å²) in [7, 11) is 0. The molecule has 108 valence electrons. The number of rotatable bonds is 3. The summed E-state index contributed by atoms with van der Waals surface area (Å²) in [5, 5.41) is 3.51. The largest absolute Gasteiger partial charge is 0.370 e. The van der Waals surface area contributed by atoms with Crippen LogP contribution in [0.5, 0.6) is 0 Å². The van der Waals surface area contributed by atoms with E-state index in [1.165, 1.54) is 16.7 Å². The molecule has 0 saturated carbocycles. The Hall–Kier alpha value is -2.09. The van der Waals surface area contributed by atoms with Crippen molar-refractivity contribution >= 4 is 5.84 Å². The van der Waals surface area contributed by atoms with E-state index in [2.05, 4.69) is 73.8 Å². The van der Waals surface area contributed by atoms with E-state index in [0.29, 0.717) is 0 Å². The molecule has 1 aliphatic rings. The monoisotopic (exact) mass is 278 g/mol. The van der Waals surface area contributed by atoms with E-state index >= 15 is 0 Å². The number of amidine groups is 1. The summed E-state index contributed by atoms with van der Waals surface area (Å²) in [4.78, 5) is 4.74. The molecule has 0 fully saturated rings. The van der Waals surface area contributed by atoms with Gasteiger partial charge < -0.3 is 5.32 Å². The van der Waals surface area contributed by atoms with Gasteiger partial charge in [-0.05, 0) is 37.0 Å². The maximum Gasteiger partial charge on any atom is 0.0973 e. The van der Waals surface area contributed by atoms with Crippen LogP contribution in [0.15, 0.2) is 59.6 Å². The minimum absolute atomic E-state index is 0.0985. The molecule has 1 heterocycles. The highest BCUT2D eigenvalue weighted by Crippen LogP contribution is 2.25. The Kier molecular flexibility index (Phi) is 3.78. The second-order valence-electron chi connectivity index (χ2n) is 6.25. The van der Waals surface area contributed by atoms with Crippen LogP contribution < -0.4 is 5.32 Å². The number of nitrogens with one attached hydrogen (secondary N) is 1. The van der Waals surface area contributed by atoms with Crippen LogP contribution in [0, 0.1) is 0 Å². The van der Waals surface area contributed by atoms with Crippen molar-refractivity contribution in [3.05, 3.63) is 60.2 Å². The van der Waals surface area contributed by atoms with Gasteiger partial charge in [-0.15, -0.1) is 0 Å². The molecule has 0 bridgehead atoms. The minimum atomic E-state index is 0.0985. The van der Waals surface area contributed by atoms with Gasteiger partial charge in [-0.3, -0.25) is 4.99 Å². The molecule has 0 radical (unpaired) electrons. The van der Waals surface area contributed by atoms with Crippen molar-refractivity contribution in [1.82, 2.24) is 5.32 Å². The van der Waals surface area contributed by atoms with Gasteiger partial charge in [-0.25, -0.2) is 0 Å². The molecule has 0 unspecified atom stereocenters. The Balaban J connectivity index is 1.78. The molecule has 0 aliphatic carbocycles. The highest BCUT2D eigenvalue weighted by molar-refractivity contribution is 5.84. The topological polar surface area (TPSA) is 24.4 Å². The third kappa shape index (κ3) is 3.33. The summed E-state index contributed by atoms with van der Waals surface area (Å²) in [6.07, 6.45) is 2.19. The van der Waals surface area contributed by atoms with E-state index in [1.54, 1.807) is 0 Å². The SMILES string of the molecule is CC1(C)CCC(NCc2ccccc2-c2ccccc2)=N1. The lowest BCUT2D eigenvalue weighted by atomic mass is 10.00. The number of nitrogens with zero attached hydrogens (tertiary/aromatic N) is 1. The lowest BCUT2D eigenvalue weighted by molar-refractivity contribution is 0.522. The predicted molar refractivity (Wildman–Crippen MR) is 89.5 cm³/mol. The van der Waals surface area contributed by atoms with E-state index in [1.807, 2.05) is 0 Å². The Bertz CT molecular complexity index is 642. The maximum absolute atomic E-state index is 4.74. The fourth-order valence-electron chi connectivity index (χ4n) is 2.80. The standard InChI is InChI=1S/C19H22N2/c1-19(2)13-12-18(21-19)20-14-16-10-6-7-11-17(16)15-8-4-3-5-9-15/h3-11H,12-14H2,1-2H3,(H,20,21). The molecule has 2 nitrogen and oxygen atoms in total. The molecule has 0 aromatic heterocycles. The van der Waals surface area contributed by atoms with E-state index in [0.717, 1.165) is 25.2 Å². The van der Waals surface area contributed by atoms with E-state index < -0.39 is 0 Å². The molecule has 0 spiro atoms. The van der Waals surface area contributed by atoms with Gasteiger partial charge in [0, 0.05) is 13.0 Å². The summed E-state index contributed by atoms with van der Waals surface area (Å²) in [5.41, 5.74) is 3.98. The molecule has 3 rings (SSSR count). The van der Waals surface area contributed by atoms with Crippen molar-refractivity contribution in [2.24, 2.45) is 4.99 Å². The van der Waals surface area contributed by atoms with Crippen molar-refractivity contribution in [2.75, 3.05) is 0 Å². The van der Waals surface area contributed by atoms with Gasteiger partial charge in [0.1, 0.15) is 0 Å². The molecule has 0 atom stereocenters. The van der Waals surface area contributed by atoms with Gasteiger partial charge in [-0.2, -0.15) is 0 Å². The van der Waals surface area contributed by atoms with Crippen LogP contribution in [-0.2, 0) is 6.54 Å². The van der Waals surface area contributed by atoms with Gasteiger partial charge in [0.15, 0.2) is 0 Å². The maximum atomic E-state index is 4.74. The quantitative estimate of drug-likeness (QED) is 0.883. The third-order valence-corrected chi connectivity index (χ3v) is 4.00. The van der Waals surface area contributed by atoms with Gasteiger partial charge in [0.05, 0.1) is 11.4 Å². The summed E-state index contributed by atoms with van der Waals surface area (Å²) >= 11 is 0. The Morgan fingerprint density at radius 3 is 2.43 bits per heavy atom. The first-order valence-electron chi connectivity index (χ1n) is 7.60. The zero-order valence-corrected chi connectivity index (χ0v) is 12.8. The second-order valence-corrected chi connectivity index (χ2v) is 6.25. The fraction of sp³-hybridized carbons (Fsp3) is 0.316. The molecular formula is C19H22N2. The lowest BCUT2D eigenvalue weighted by Crippen LogP contribution is -2.21. The van der Waals surface area contributed by atoms with Crippen LogP contribution in [0.3, 0.4) is 0 Å². The molecule has 2 aromatic rings. The summed E-state index contributed by atoms with van der Waals surface area (Å²) in [5.74, 6) is 1.14. The van der Waals surface area contributed by atoms with E-state index in [-0.39, 0.29) is 5.54 Å². The highest BCUT2D eigenvalue weighted by Gasteiger charge is 2.24.